The number of esters is 1. The molecule has 0 spiro atoms. The number of nitrogens with two attached hydrogens (primary N) is 1. The van der Waals surface area contributed by atoms with Gasteiger partial charge < -0.3 is 15.2 Å². The SMILES string of the molecule is COCCN(CCC(=O)OC)S(=O)(=O)CC(N)=S. The Bertz CT molecular complexity index is 382. The van der Waals surface area contributed by atoms with E-state index >= 15 is 0 Å². The first-order chi connectivity index (χ1) is 8.33. The molecule has 106 valence electrons. The second-order valence-corrected chi connectivity index (χ2v) is 5.93. The van der Waals surface area contributed by atoms with Gasteiger partial charge in [0.25, 0.3) is 0 Å². The molecule has 0 aromatic heterocycles. The van der Waals surface area contributed by atoms with Gasteiger partial charge in [-0.05, 0) is 0 Å². The van der Waals surface area contributed by atoms with E-state index in [1.54, 1.807) is 0 Å². The van der Waals surface area contributed by atoms with Crippen molar-refractivity contribution in [2.45, 2.75) is 6.42 Å². The average Bonchev–Trinajstić information content (AvgIpc) is 2.26. The molecule has 0 aliphatic carbocycles. The summed E-state index contributed by atoms with van der Waals surface area (Å²) in [6.45, 7) is 0.372. The zero-order valence-corrected chi connectivity index (χ0v) is 12.1. The molecule has 0 aliphatic rings. The lowest BCUT2D eigenvalue weighted by Crippen LogP contribution is -2.40. The Kier molecular flexibility index (Phi) is 8.00. The van der Waals surface area contributed by atoms with Crippen LogP contribution < -0.4 is 5.73 Å². The number of rotatable bonds is 9. The fourth-order valence-corrected chi connectivity index (χ4v) is 2.88. The summed E-state index contributed by atoms with van der Waals surface area (Å²) in [5, 5.41) is 0. The van der Waals surface area contributed by atoms with Gasteiger partial charge in [0.1, 0.15) is 5.75 Å². The van der Waals surface area contributed by atoms with Gasteiger partial charge in [-0.3, -0.25) is 4.79 Å². The fraction of sp³-hybridized carbons (Fsp3) is 0.778. The average molecular weight is 298 g/mol. The minimum atomic E-state index is -3.62. The standard InChI is InChI=1S/C9H18N2O5S2/c1-15-6-5-11(4-3-9(12)16-2)18(13,14)7-8(10)17/h3-7H2,1-2H3,(H2,10,17). The molecule has 0 unspecified atom stereocenters. The molecule has 0 rings (SSSR count). The van der Waals surface area contributed by atoms with Crippen LogP contribution in [-0.2, 0) is 24.3 Å². The van der Waals surface area contributed by atoms with E-state index in [0.717, 1.165) is 4.31 Å². The van der Waals surface area contributed by atoms with E-state index in [1.165, 1.54) is 14.2 Å². The minimum Gasteiger partial charge on any atom is -0.469 e. The van der Waals surface area contributed by atoms with Gasteiger partial charge in [0.15, 0.2) is 0 Å². The van der Waals surface area contributed by atoms with Crippen molar-refractivity contribution in [3.63, 3.8) is 0 Å². The highest BCUT2D eigenvalue weighted by atomic mass is 32.2. The van der Waals surface area contributed by atoms with E-state index in [2.05, 4.69) is 17.0 Å². The molecular weight excluding hydrogens is 280 g/mol. The third kappa shape index (κ3) is 6.84. The number of ether oxygens (including phenoxy) is 2. The molecule has 0 heterocycles. The van der Waals surface area contributed by atoms with E-state index in [0.29, 0.717) is 0 Å². The van der Waals surface area contributed by atoms with Crippen molar-refractivity contribution >= 4 is 33.2 Å². The molecular formula is C9H18N2O5S2. The lowest BCUT2D eigenvalue weighted by atomic mass is 10.4. The van der Waals surface area contributed by atoms with Crippen LogP contribution in [0.15, 0.2) is 0 Å². The topological polar surface area (TPSA) is 98.9 Å². The van der Waals surface area contributed by atoms with Crippen LogP contribution in [0.4, 0.5) is 0 Å². The van der Waals surface area contributed by atoms with Crippen LogP contribution in [-0.4, -0.2) is 63.3 Å². The molecule has 0 radical (unpaired) electrons. The predicted octanol–water partition coefficient (Wildman–Crippen LogP) is -0.886. The van der Waals surface area contributed by atoms with Crippen LogP contribution in [0, 0.1) is 0 Å². The number of hydrogen-bond donors (Lipinski definition) is 1. The Morgan fingerprint density at radius 2 is 1.94 bits per heavy atom. The Labute approximate surface area is 112 Å². The lowest BCUT2D eigenvalue weighted by molar-refractivity contribution is -0.140. The highest BCUT2D eigenvalue weighted by Gasteiger charge is 2.23. The summed E-state index contributed by atoms with van der Waals surface area (Å²) in [4.78, 5) is 10.9. The summed E-state index contributed by atoms with van der Waals surface area (Å²) in [7, 11) is -0.920. The Morgan fingerprint density at radius 1 is 1.33 bits per heavy atom. The number of carbonyl (C=O) groups excluding carboxylic acids is 1. The first-order valence-corrected chi connectivity index (χ1v) is 7.17. The maximum atomic E-state index is 11.9. The number of methoxy groups -OCH3 is 2. The van der Waals surface area contributed by atoms with Crippen LogP contribution >= 0.6 is 12.2 Å². The normalized spacial score (nSPS) is 11.5. The number of hydrogen-bond acceptors (Lipinski definition) is 6. The highest BCUT2D eigenvalue weighted by Crippen LogP contribution is 2.04. The quantitative estimate of drug-likeness (QED) is 0.435. The van der Waals surface area contributed by atoms with Crippen molar-refractivity contribution in [3.05, 3.63) is 0 Å². The molecule has 0 amide bonds. The predicted molar refractivity (Wildman–Crippen MR) is 70.7 cm³/mol. The molecule has 2 N–H and O–H groups in total. The van der Waals surface area contributed by atoms with Gasteiger partial charge in [-0.25, -0.2) is 8.42 Å². The van der Waals surface area contributed by atoms with Crippen LogP contribution in [0.2, 0.25) is 0 Å². The fourth-order valence-electron chi connectivity index (χ4n) is 1.17. The monoisotopic (exact) mass is 298 g/mol. The van der Waals surface area contributed by atoms with Crippen molar-refractivity contribution in [2.24, 2.45) is 5.73 Å². The largest absolute Gasteiger partial charge is 0.469 e. The summed E-state index contributed by atoms with van der Waals surface area (Å²) in [6, 6.07) is 0. The molecule has 0 saturated carbocycles. The van der Waals surface area contributed by atoms with Crippen LogP contribution in [0.3, 0.4) is 0 Å². The van der Waals surface area contributed by atoms with Crippen LogP contribution in [0.5, 0.6) is 0 Å². The van der Waals surface area contributed by atoms with Crippen LogP contribution in [0.1, 0.15) is 6.42 Å². The zero-order chi connectivity index (χ0) is 14.2. The van der Waals surface area contributed by atoms with E-state index in [9.17, 15) is 13.2 Å². The van der Waals surface area contributed by atoms with E-state index in [4.69, 9.17) is 10.5 Å². The Hall–Kier alpha value is -0.770. The van der Waals surface area contributed by atoms with Crippen molar-refractivity contribution in [1.29, 1.82) is 0 Å². The Balaban J connectivity index is 4.65. The number of carbonyl (C=O) groups is 1. The molecule has 0 fully saturated rings. The van der Waals surface area contributed by atoms with E-state index in [-0.39, 0.29) is 31.1 Å². The minimum absolute atomic E-state index is 0.0149. The zero-order valence-electron chi connectivity index (χ0n) is 10.4. The van der Waals surface area contributed by atoms with Gasteiger partial charge in [-0.15, -0.1) is 0 Å². The first kappa shape index (κ1) is 17.2. The second kappa shape index (κ2) is 8.35. The molecule has 18 heavy (non-hydrogen) atoms. The van der Waals surface area contributed by atoms with Crippen molar-refractivity contribution in [2.75, 3.05) is 39.7 Å². The molecule has 0 aliphatic heterocycles. The molecule has 0 saturated heterocycles. The molecule has 0 aromatic rings. The number of sulfonamides is 1. The summed E-state index contributed by atoms with van der Waals surface area (Å²) in [5.41, 5.74) is 5.23. The summed E-state index contributed by atoms with van der Waals surface area (Å²) in [6.07, 6.45) is -0.0310. The van der Waals surface area contributed by atoms with Gasteiger partial charge in [-0.2, -0.15) is 4.31 Å². The van der Waals surface area contributed by atoms with Gasteiger partial charge in [-0.1, -0.05) is 12.2 Å². The van der Waals surface area contributed by atoms with Gasteiger partial charge >= 0.3 is 5.97 Å². The van der Waals surface area contributed by atoms with Crippen molar-refractivity contribution in [3.8, 4) is 0 Å². The summed E-state index contributed by atoms with van der Waals surface area (Å²) < 4.78 is 34.2. The smallest absolute Gasteiger partial charge is 0.306 e. The summed E-state index contributed by atoms with van der Waals surface area (Å²) in [5.74, 6) is -0.907. The second-order valence-electron chi connectivity index (χ2n) is 3.44. The first-order valence-electron chi connectivity index (χ1n) is 5.15. The highest BCUT2D eigenvalue weighted by molar-refractivity contribution is 7.92. The molecule has 0 atom stereocenters. The molecule has 9 heteroatoms. The van der Waals surface area contributed by atoms with Gasteiger partial charge in [0, 0.05) is 20.2 Å². The van der Waals surface area contributed by atoms with Crippen LogP contribution in [0.25, 0.3) is 0 Å². The molecule has 7 nitrogen and oxygen atoms in total. The molecule has 0 bridgehead atoms. The van der Waals surface area contributed by atoms with Gasteiger partial charge in [0.2, 0.25) is 10.0 Å². The van der Waals surface area contributed by atoms with Gasteiger partial charge in [0.05, 0.1) is 25.1 Å². The maximum Gasteiger partial charge on any atom is 0.306 e. The van der Waals surface area contributed by atoms with Crippen molar-refractivity contribution < 1.29 is 22.7 Å². The number of nitrogens with zero attached hydrogens (tertiary/aromatic N) is 1. The van der Waals surface area contributed by atoms with Crippen molar-refractivity contribution in [1.82, 2.24) is 4.31 Å². The third-order valence-corrected chi connectivity index (χ3v) is 4.21. The number of thiocarbonyl (C=S) groups is 1. The summed E-state index contributed by atoms with van der Waals surface area (Å²) >= 11 is 4.58. The lowest BCUT2D eigenvalue weighted by Gasteiger charge is -2.20. The Morgan fingerprint density at radius 3 is 2.39 bits per heavy atom. The maximum absolute atomic E-state index is 11.9. The van der Waals surface area contributed by atoms with E-state index < -0.39 is 21.7 Å². The molecule has 0 aromatic carbocycles. The third-order valence-electron chi connectivity index (χ3n) is 2.06. The van der Waals surface area contributed by atoms with E-state index in [1.807, 2.05) is 0 Å².